The molecule has 1 nitrogen and oxygen atoms in total. The van der Waals surface area contributed by atoms with E-state index in [1.807, 2.05) is 13.8 Å². The van der Waals surface area contributed by atoms with Crippen LogP contribution in [0.25, 0.3) is 0 Å². The minimum absolute atomic E-state index is 0.00808. The molecule has 62 valence electrons. The second-order valence-corrected chi connectivity index (χ2v) is 4.03. The lowest BCUT2D eigenvalue weighted by Gasteiger charge is -2.15. The Morgan fingerprint density at radius 1 is 1.36 bits per heavy atom. The largest absolute Gasteiger partial charge is 0.468 e. The van der Waals surface area contributed by atoms with E-state index in [9.17, 15) is 0 Å². The molecule has 1 heterocycles. The number of rotatable bonds is 0. The van der Waals surface area contributed by atoms with Gasteiger partial charge in [0.25, 0.3) is 0 Å². The highest BCUT2D eigenvalue weighted by molar-refractivity contribution is 5.29. The zero-order valence-corrected chi connectivity index (χ0v) is 7.91. The van der Waals surface area contributed by atoms with E-state index >= 15 is 0 Å². The van der Waals surface area contributed by atoms with Crippen LogP contribution in [0.4, 0.5) is 0 Å². The Hall–Kier alpha value is -0.720. The Labute approximate surface area is 69.8 Å². The molecule has 0 N–H and O–H groups in total. The summed E-state index contributed by atoms with van der Waals surface area (Å²) in [6.45, 7) is 10.2. The maximum Gasteiger partial charge on any atom is 0.112 e. The second kappa shape index (κ2) is 2.40. The molecular formula is C10H16O. The van der Waals surface area contributed by atoms with Crippen LogP contribution in [-0.2, 0) is 5.41 Å². The molecule has 1 aromatic heterocycles. The van der Waals surface area contributed by atoms with Crippen molar-refractivity contribution in [2.75, 3.05) is 0 Å². The standard InChI is InChI=1S/C10H16O/c1-7-6-11-9(8(7)2)10(3,4)5/h6H,1-5H3/i6D. The van der Waals surface area contributed by atoms with E-state index in [1.54, 1.807) is 0 Å². The van der Waals surface area contributed by atoms with Crippen molar-refractivity contribution in [1.29, 1.82) is 0 Å². The number of hydrogen-bond acceptors (Lipinski definition) is 1. The van der Waals surface area contributed by atoms with Crippen LogP contribution < -0.4 is 0 Å². The average Bonchev–Trinajstić information content (AvgIpc) is 2.15. The summed E-state index contributed by atoms with van der Waals surface area (Å²) < 4.78 is 12.9. The Bertz CT molecular complexity index is 292. The molecule has 0 saturated carbocycles. The first kappa shape index (κ1) is 6.96. The summed E-state index contributed by atoms with van der Waals surface area (Å²) in [6.07, 6.45) is 0.303. The van der Waals surface area contributed by atoms with Crippen molar-refractivity contribution in [3.63, 3.8) is 0 Å². The van der Waals surface area contributed by atoms with Gasteiger partial charge in [0.05, 0.1) is 6.24 Å². The Morgan fingerprint density at radius 3 is 2.09 bits per heavy atom. The third kappa shape index (κ3) is 1.47. The normalized spacial score (nSPS) is 13.4. The van der Waals surface area contributed by atoms with E-state index in [4.69, 9.17) is 5.79 Å². The highest BCUT2D eigenvalue weighted by atomic mass is 16.3. The van der Waals surface area contributed by atoms with E-state index in [-0.39, 0.29) is 5.41 Å². The molecule has 0 fully saturated rings. The summed E-state index contributed by atoms with van der Waals surface area (Å²) in [5, 5.41) is 0. The van der Waals surface area contributed by atoms with Gasteiger partial charge in [-0.1, -0.05) is 20.8 Å². The van der Waals surface area contributed by atoms with Crippen molar-refractivity contribution in [3.8, 4) is 0 Å². The molecule has 0 atom stereocenters. The third-order valence-electron chi connectivity index (χ3n) is 1.89. The molecule has 0 unspecified atom stereocenters. The van der Waals surface area contributed by atoms with Gasteiger partial charge in [0.2, 0.25) is 0 Å². The lowest BCUT2D eigenvalue weighted by Crippen LogP contribution is -2.11. The lowest BCUT2D eigenvalue weighted by atomic mass is 9.90. The van der Waals surface area contributed by atoms with Gasteiger partial charge in [-0.2, -0.15) is 0 Å². The van der Waals surface area contributed by atoms with E-state index in [1.165, 1.54) is 0 Å². The quantitative estimate of drug-likeness (QED) is 0.558. The van der Waals surface area contributed by atoms with Gasteiger partial charge in [0, 0.05) is 5.41 Å². The van der Waals surface area contributed by atoms with Crippen LogP contribution >= 0.6 is 0 Å². The van der Waals surface area contributed by atoms with Gasteiger partial charge in [-0.05, 0) is 25.0 Å². The summed E-state index contributed by atoms with van der Waals surface area (Å²) in [7, 11) is 0. The number of hydrogen-bond donors (Lipinski definition) is 0. The van der Waals surface area contributed by atoms with Crippen LogP contribution in [0.5, 0.6) is 0 Å². The summed E-state index contributed by atoms with van der Waals surface area (Å²) >= 11 is 0. The summed E-state index contributed by atoms with van der Waals surface area (Å²) in [5.74, 6) is 0.935. The summed E-state index contributed by atoms with van der Waals surface area (Å²) in [5.41, 5.74) is 2.08. The van der Waals surface area contributed by atoms with Crippen molar-refractivity contribution < 1.29 is 5.79 Å². The lowest BCUT2D eigenvalue weighted by molar-refractivity contribution is 0.406. The van der Waals surface area contributed by atoms with Gasteiger partial charge in [-0.3, -0.25) is 0 Å². The van der Waals surface area contributed by atoms with Gasteiger partial charge < -0.3 is 4.42 Å². The maximum atomic E-state index is 7.49. The average molecular weight is 153 g/mol. The first-order valence-corrected chi connectivity index (χ1v) is 3.91. The molecule has 0 bridgehead atoms. The van der Waals surface area contributed by atoms with Crippen LogP contribution in [0, 0.1) is 13.8 Å². The van der Waals surface area contributed by atoms with Crippen LogP contribution in [0.15, 0.2) is 10.7 Å². The van der Waals surface area contributed by atoms with Gasteiger partial charge in [-0.25, -0.2) is 0 Å². The fourth-order valence-corrected chi connectivity index (χ4v) is 1.17. The molecular weight excluding hydrogens is 136 g/mol. The molecule has 0 aliphatic carbocycles. The predicted octanol–water partition coefficient (Wildman–Crippen LogP) is 3.19. The summed E-state index contributed by atoms with van der Waals surface area (Å²) in [6, 6.07) is 0. The zero-order valence-electron chi connectivity index (χ0n) is 8.91. The van der Waals surface area contributed by atoms with Crippen molar-refractivity contribution in [3.05, 3.63) is 23.1 Å². The monoisotopic (exact) mass is 153 g/mol. The zero-order chi connectivity index (χ0) is 9.52. The molecule has 0 amide bonds. The van der Waals surface area contributed by atoms with E-state index in [2.05, 4.69) is 20.8 Å². The Morgan fingerprint density at radius 2 is 1.91 bits per heavy atom. The topological polar surface area (TPSA) is 13.1 Å². The molecule has 0 radical (unpaired) electrons. The predicted molar refractivity (Wildman–Crippen MR) is 46.9 cm³/mol. The van der Waals surface area contributed by atoms with Gasteiger partial charge in [0.15, 0.2) is 0 Å². The fourth-order valence-electron chi connectivity index (χ4n) is 1.17. The first-order valence-electron chi connectivity index (χ1n) is 4.41. The first-order chi connectivity index (χ1) is 5.34. The molecule has 0 spiro atoms. The van der Waals surface area contributed by atoms with Crippen LogP contribution in [0.3, 0.4) is 0 Å². The molecule has 0 aromatic carbocycles. The highest BCUT2D eigenvalue weighted by Crippen LogP contribution is 2.28. The van der Waals surface area contributed by atoms with Crippen LogP contribution in [0.2, 0.25) is 0 Å². The Balaban J connectivity index is 3.28. The highest BCUT2D eigenvalue weighted by Gasteiger charge is 2.20. The Kier molecular flexibility index (Phi) is 1.52. The van der Waals surface area contributed by atoms with Crippen molar-refractivity contribution in [2.45, 2.75) is 40.0 Å². The van der Waals surface area contributed by atoms with Crippen LogP contribution in [0.1, 0.15) is 39.0 Å². The fraction of sp³-hybridized carbons (Fsp3) is 0.600. The van der Waals surface area contributed by atoms with Gasteiger partial charge in [0.1, 0.15) is 7.13 Å². The number of furan rings is 1. The molecule has 1 heteroatoms. The van der Waals surface area contributed by atoms with Gasteiger partial charge >= 0.3 is 0 Å². The third-order valence-corrected chi connectivity index (χ3v) is 1.89. The molecule has 0 saturated heterocycles. The molecule has 1 aromatic rings. The van der Waals surface area contributed by atoms with Crippen molar-refractivity contribution in [1.82, 2.24) is 0 Å². The maximum absolute atomic E-state index is 7.49. The van der Waals surface area contributed by atoms with Crippen molar-refractivity contribution >= 4 is 0 Å². The molecule has 11 heavy (non-hydrogen) atoms. The smallest absolute Gasteiger partial charge is 0.112 e. The van der Waals surface area contributed by atoms with Crippen molar-refractivity contribution in [2.24, 2.45) is 0 Å². The molecule has 0 aliphatic heterocycles. The minimum atomic E-state index is 0.00808. The SMILES string of the molecule is [2H]c1oc(C(C)(C)C)c(C)c1C. The summed E-state index contributed by atoms with van der Waals surface area (Å²) in [4.78, 5) is 0. The van der Waals surface area contributed by atoms with E-state index in [0.29, 0.717) is 6.24 Å². The van der Waals surface area contributed by atoms with Gasteiger partial charge in [-0.15, -0.1) is 0 Å². The van der Waals surface area contributed by atoms with Crippen LogP contribution in [-0.4, -0.2) is 0 Å². The van der Waals surface area contributed by atoms with E-state index < -0.39 is 0 Å². The minimum Gasteiger partial charge on any atom is -0.468 e. The van der Waals surface area contributed by atoms with E-state index in [0.717, 1.165) is 16.9 Å². The molecule has 0 aliphatic rings. The second-order valence-electron chi connectivity index (χ2n) is 4.03. The molecule has 1 rings (SSSR count).